The number of rotatable bonds is 4. The van der Waals surface area contributed by atoms with Crippen molar-refractivity contribution in [2.24, 2.45) is 5.73 Å². The summed E-state index contributed by atoms with van der Waals surface area (Å²) in [6.07, 6.45) is 0.490. The number of likely N-dealkylation sites (N-methyl/N-ethyl adjacent to an activating group) is 1. The smallest absolute Gasteiger partial charge is 0.239 e. The molecule has 16 heavy (non-hydrogen) atoms. The summed E-state index contributed by atoms with van der Waals surface area (Å²) >= 11 is 0. The SMILES string of the molecule is CCN(C)C(=O)C(N)Cc1ccc(O)cc1. The molecule has 0 aliphatic rings. The summed E-state index contributed by atoms with van der Waals surface area (Å²) in [5.41, 5.74) is 6.76. The Bertz CT molecular complexity index is 349. The quantitative estimate of drug-likeness (QED) is 0.789. The second-order valence-corrected chi connectivity index (χ2v) is 3.83. The van der Waals surface area contributed by atoms with Gasteiger partial charge in [0.25, 0.3) is 0 Å². The number of phenols is 1. The lowest BCUT2D eigenvalue weighted by molar-refractivity contribution is -0.131. The second kappa shape index (κ2) is 5.51. The first-order valence-electron chi connectivity index (χ1n) is 5.33. The molecule has 0 aliphatic heterocycles. The lowest BCUT2D eigenvalue weighted by Gasteiger charge is -2.19. The highest BCUT2D eigenvalue weighted by Crippen LogP contribution is 2.11. The molecule has 1 aromatic rings. The van der Waals surface area contributed by atoms with Crippen LogP contribution in [-0.4, -0.2) is 35.5 Å². The first kappa shape index (κ1) is 12.5. The molecule has 3 N–H and O–H groups in total. The number of amides is 1. The fourth-order valence-electron chi connectivity index (χ4n) is 1.41. The molecule has 0 aliphatic carbocycles. The second-order valence-electron chi connectivity index (χ2n) is 3.83. The third-order valence-electron chi connectivity index (χ3n) is 2.56. The fourth-order valence-corrected chi connectivity index (χ4v) is 1.41. The molecule has 0 fully saturated rings. The highest BCUT2D eigenvalue weighted by Gasteiger charge is 2.16. The van der Waals surface area contributed by atoms with E-state index in [2.05, 4.69) is 0 Å². The van der Waals surface area contributed by atoms with Crippen molar-refractivity contribution >= 4 is 5.91 Å². The van der Waals surface area contributed by atoms with E-state index in [0.717, 1.165) is 5.56 Å². The Morgan fingerprint density at radius 2 is 2.00 bits per heavy atom. The molecular formula is C12H18N2O2. The van der Waals surface area contributed by atoms with Crippen LogP contribution in [0.15, 0.2) is 24.3 Å². The molecule has 88 valence electrons. The number of hydrogen-bond donors (Lipinski definition) is 2. The maximum Gasteiger partial charge on any atom is 0.239 e. The Labute approximate surface area is 95.7 Å². The summed E-state index contributed by atoms with van der Waals surface area (Å²) in [7, 11) is 1.74. The first-order valence-corrected chi connectivity index (χ1v) is 5.33. The summed E-state index contributed by atoms with van der Waals surface area (Å²) < 4.78 is 0. The predicted molar refractivity (Wildman–Crippen MR) is 63.1 cm³/mol. The average Bonchev–Trinajstić information content (AvgIpc) is 2.30. The predicted octanol–water partition coefficient (Wildman–Crippen LogP) is 0.740. The Balaban J connectivity index is 2.60. The topological polar surface area (TPSA) is 66.6 Å². The standard InChI is InChI=1S/C12H18N2O2/c1-3-14(2)12(16)11(13)8-9-4-6-10(15)7-5-9/h4-7,11,15H,3,8,13H2,1-2H3. The van der Waals surface area contributed by atoms with Crippen LogP contribution in [0.3, 0.4) is 0 Å². The third-order valence-corrected chi connectivity index (χ3v) is 2.56. The summed E-state index contributed by atoms with van der Waals surface area (Å²) in [5.74, 6) is 0.157. The van der Waals surface area contributed by atoms with Crippen molar-refractivity contribution in [2.75, 3.05) is 13.6 Å². The van der Waals surface area contributed by atoms with E-state index in [1.54, 1.807) is 36.2 Å². The number of nitrogens with two attached hydrogens (primary N) is 1. The van der Waals surface area contributed by atoms with Gasteiger partial charge in [0.2, 0.25) is 5.91 Å². The van der Waals surface area contributed by atoms with Gasteiger partial charge in [-0.2, -0.15) is 0 Å². The van der Waals surface area contributed by atoms with Crippen molar-refractivity contribution in [1.29, 1.82) is 0 Å². The normalized spacial score (nSPS) is 12.2. The molecule has 1 atom stereocenters. The molecule has 0 saturated carbocycles. The summed E-state index contributed by atoms with van der Waals surface area (Å²) in [6, 6.07) is 6.21. The van der Waals surface area contributed by atoms with Crippen molar-refractivity contribution in [2.45, 2.75) is 19.4 Å². The maximum atomic E-state index is 11.7. The minimum atomic E-state index is -0.519. The zero-order valence-electron chi connectivity index (χ0n) is 9.68. The molecular weight excluding hydrogens is 204 g/mol. The van der Waals surface area contributed by atoms with Crippen LogP contribution in [0.25, 0.3) is 0 Å². The molecule has 1 amide bonds. The summed E-state index contributed by atoms with van der Waals surface area (Å²) in [6.45, 7) is 2.56. The van der Waals surface area contributed by atoms with Gasteiger partial charge in [0.1, 0.15) is 5.75 Å². The molecule has 4 nitrogen and oxygen atoms in total. The Morgan fingerprint density at radius 3 is 2.50 bits per heavy atom. The Morgan fingerprint density at radius 1 is 1.44 bits per heavy atom. The largest absolute Gasteiger partial charge is 0.508 e. The van der Waals surface area contributed by atoms with E-state index in [9.17, 15) is 4.79 Å². The molecule has 0 heterocycles. The number of benzene rings is 1. The van der Waals surface area contributed by atoms with Crippen LogP contribution in [0.4, 0.5) is 0 Å². The number of carbonyl (C=O) groups is 1. The molecule has 1 rings (SSSR count). The van der Waals surface area contributed by atoms with E-state index in [-0.39, 0.29) is 11.7 Å². The zero-order valence-corrected chi connectivity index (χ0v) is 9.68. The van der Waals surface area contributed by atoms with Crippen molar-refractivity contribution in [3.8, 4) is 5.75 Å². The van der Waals surface area contributed by atoms with Gasteiger partial charge >= 0.3 is 0 Å². The van der Waals surface area contributed by atoms with Gasteiger partial charge < -0.3 is 15.7 Å². The van der Waals surface area contributed by atoms with Crippen LogP contribution < -0.4 is 5.73 Å². The zero-order chi connectivity index (χ0) is 12.1. The Hall–Kier alpha value is -1.55. The van der Waals surface area contributed by atoms with E-state index in [4.69, 9.17) is 10.8 Å². The number of nitrogens with zero attached hydrogens (tertiary/aromatic N) is 1. The van der Waals surface area contributed by atoms with E-state index in [1.807, 2.05) is 6.92 Å². The van der Waals surface area contributed by atoms with Gasteiger partial charge in [0.15, 0.2) is 0 Å². The third kappa shape index (κ3) is 3.24. The van der Waals surface area contributed by atoms with Crippen LogP contribution in [0.5, 0.6) is 5.75 Å². The van der Waals surface area contributed by atoms with E-state index in [0.29, 0.717) is 13.0 Å². The minimum absolute atomic E-state index is 0.0597. The van der Waals surface area contributed by atoms with Crippen LogP contribution in [0.2, 0.25) is 0 Å². The number of hydrogen-bond acceptors (Lipinski definition) is 3. The number of carbonyl (C=O) groups excluding carboxylic acids is 1. The van der Waals surface area contributed by atoms with Crippen molar-refractivity contribution in [1.82, 2.24) is 4.90 Å². The van der Waals surface area contributed by atoms with Gasteiger partial charge in [0, 0.05) is 13.6 Å². The lowest BCUT2D eigenvalue weighted by Crippen LogP contribution is -2.42. The lowest BCUT2D eigenvalue weighted by atomic mass is 10.1. The number of aromatic hydroxyl groups is 1. The van der Waals surface area contributed by atoms with Gasteiger partial charge in [-0.15, -0.1) is 0 Å². The van der Waals surface area contributed by atoms with Crippen molar-refractivity contribution in [3.05, 3.63) is 29.8 Å². The average molecular weight is 222 g/mol. The Kier molecular flexibility index (Phi) is 4.31. The molecule has 0 spiro atoms. The first-order chi connectivity index (χ1) is 7.54. The molecule has 0 radical (unpaired) electrons. The van der Waals surface area contributed by atoms with E-state index >= 15 is 0 Å². The molecule has 0 bridgehead atoms. The molecule has 0 saturated heterocycles. The molecule has 1 unspecified atom stereocenters. The highest BCUT2D eigenvalue weighted by molar-refractivity contribution is 5.81. The van der Waals surface area contributed by atoms with Crippen LogP contribution in [0.1, 0.15) is 12.5 Å². The van der Waals surface area contributed by atoms with Gasteiger partial charge in [-0.1, -0.05) is 12.1 Å². The molecule has 4 heteroatoms. The monoisotopic (exact) mass is 222 g/mol. The van der Waals surface area contributed by atoms with Gasteiger partial charge in [-0.25, -0.2) is 0 Å². The maximum absolute atomic E-state index is 11.7. The van der Waals surface area contributed by atoms with E-state index < -0.39 is 6.04 Å². The van der Waals surface area contributed by atoms with Gasteiger partial charge in [0.05, 0.1) is 6.04 Å². The highest BCUT2D eigenvalue weighted by atomic mass is 16.3. The minimum Gasteiger partial charge on any atom is -0.508 e. The van der Waals surface area contributed by atoms with Crippen molar-refractivity contribution in [3.63, 3.8) is 0 Å². The molecule has 1 aromatic carbocycles. The van der Waals surface area contributed by atoms with Crippen LogP contribution >= 0.6 is 0 Å². The summed E-state index contributed by atoms with van der Waals surface area (Å²) in [5, 5.41) is 9.12. The van der Waals surface area contributed by atoms with Crippen LogP contribution in [-0.2, 0) is 11.2 Å². The van der Waals surface area contributed by atoms with Gasteiger partial charge in [-0.3, -0.25) is 4.79 Å². The van der Waals surface area contributed by atoms with E-state index in [1.165, 1.54) is 0 Å². The number of phenolic OH excluding ortho intramolecular Hbond substituents is 1. The van der Waals surface area contributed by atoms with Crippen LogP contribution in [0, 0.1) is 0 Å². The molecule has 0 aromatic heterocycles. The van der Waals surface area contributed by atoms with Gasteiger partial charge in [-0.05, 0) is 31.0 Å². The van der Waals surface area contributed by atoms with Crippen molar-refractivity contribution < 1.29 is 9.90 Å². The fraction of sp³-hybridized carbons (Fsp3) is 0.417. The summed E-state index contributed by atoms with van der Waals surface area (Å²) in [4.78, 5) is 13.3.